The summed E-state index contributed by atoms with van der Waals surface area (Å²) in [6.07, 6.45) is 3.29. The van der Waals surface area contributed by atoms with Crippen molar-refractivity contribution in [2.45, 2.75) is 13.8 Å². The van der Waals surface area contributed by atoms with Gasteiger partial charge in [0.2, 0.25) is 0 Å². The lowest BCUT2D eigenvalue weighted by molar-refractivity contribution is 0.0735. The van der Waals surface area contributed by atoms with E-state index in [-0.39, 0.29) is 17.1 Å². The molecule has 4 aromatic rings. The first kappa shape index (κ1) is 20.2. The molecule has 0 fully saturated rings. The van der Waals surface area contributed by atoms with E-state index < -0.39 is 11.8 Å². The van der Waals surface area contributed by atoms with Crippen molar-refractivity contribution in [3.05, 3.63) is 89.5 Å². The minimum absolute atomic E-state index is 0.207. The summed E-state index contributed by atoms with van der Waals surface area (Å²) in [5.74, 6) is -0.641. The highest BCUT2D eigenvalue weighted by molar-refractivity contribution is 6.01. The molecule has 0 aliphatic rings. The Morgan fingerprint density at radius 1 is 0.968 bits per heavy atom. The number of rotatable bonds is 4. The minimum Gasteiger partial charge on any atom is -0.507 e. The van der Waals surface area contributed by atoms with Gasteiger partial charge in [0.05, 0.1) is 11.3 Å². The van der Waals surface area contributed by atoms with E-state index in [0.29, 0.717) is 22.5 Å². The quantitative estimate of drug-likeness (QED) is 0.240. The summed E-state index contributed by atoms with van der Waals surface area (Å²) < 4.78 is 18.5. The van der Waals surface area contributed by atoms with Crippen LogP contribution < -0.4 is 4.74 Å². The average molecular weight is 415 g/mol. The van der Waals surface area contributed by atoms with E-state index in [1.54, 1.807) is 56.6 Å². The van der Waals surface area contributed by atoms with Crippen molar-refractivity contribution >= 4 is 28.1 Å². The Kier molecular flexibility index (Phi) is 5.41. The molecule has 1 N–H and O–H groups in total. The molecule has 7 heteroatoms. The molecular formula is C24H18FN3O3. The van der Waals surface area contributed by atoms with Gasteiger partial charge in [-0.3, -0.25) is 4.98 Å². The van der Waals surface area contributed by atoms with Crippen molar-refractivity contribution in [1.82, 2.24) is 4.98 Å². The highest BCUT2D eigenvalue weighted by atomic mass is 19.1. The molecule has 0 unspecified atom stereocenters. The summed E-state index contributed by atoms with van der Waals surface area (Å²) in [6, 6.07) is 13.7. The Balaban J connectivity index is 1.74. The Morgan fingerprint density at radius 3 is 2.39 bits per heavy atom. The average Bonchev–Trinajstić information content (AvgIpc) is 2.76. The molecule has 1 heterocycles. The van der Waals surface area contributed by atoms with Crippen molar-refractivity contribution < 1.29 is 19.0 Å². The van der Waals surface area contributed by atoms with Crippen LogP contribution in [0, 0.1) is 19.7 Å². The molecule has 0 saturated carbocycles. The topological polar surface area (TPSA) is 84.1 Å². The second-order valence-electron chi connectivity index (χ2n) is 7.06. The van der Waals surface area contributed by atoms with Crippen molar-refractivity contribution in [3.63, 3.8) is 0 Å². The van der Waals surface area contributed by atoms with E-state index in [1.807, 2.05) is 0 Å². The van der Waals surface area contributed by atoms with E-state index in [0.717, 1.165) is 10.8 Å². The number of hydrogen-bond donors (Lipinski definition) is 1. The van der Waals surface area contributed by atoms with E-state index in [4.69, 9.17) is 4.74 Å². The first-order valence-electron chi connectivity index (χ1n) is 9.48. The number of azo groups is 1. The van der Waals surface area contributed by atoms with Crippen LogP contribution >= 0.6 is 0 Å². The standard InChI is InChI=1S/C24H18FN3O3/c1-14-9-19(10-15(2)23(14)29)27-28-22-12-17-13-26-8-7-16(17)11-21(22)24(30)31-20-5-3-18(25)4-6-20/h3-13,29H,1-2H3. The maximum atomic E-state index is 13.1. The molecule has 0 bridgehead atoms. The van der Waals surface area contributed by atoms with Gasteiger partial charge in [0, 0.05) is 17.8 Å². The second kappa shape index (κ2) is 8.31. The zero-order valence-corrected chi connectivity index (χ0v) is 16.8. The van der Waals surface area contributed by atoms with E-state index in [1.165, 1.54) is 24.3 Å². The van der Waals surface area contributed by atoms with Crippen LogP contribution in [0.1, 0.15) is 21.5 Å². The molecular weight excluding hydrogens is 397 g/mol. The molecule has 0 spiro atoms. The molecule has 0 radical (unpaired) electrons. The third-order valence-electron chi connectivity index (χ3n) is 4.75. The summed E-state index contributed by atoms with van der Waals surface area (Å²) in [5, 5.41) is 20.0. The summed E-state index contributed by atoms with van der Waals surface area (Å²) in [5.41, 5.74) is 2.40. The molecule has 31 heavy (non-hydrogen) atoms. The number of hydrogen-bond acceptors (Lipinski definition) is 6. The fourth-order valence-corrected chi connectivity index (χ4v) is 3.14. The number of esters is 1. The van der Waals surface area contributed by atoms with Crippen molar-refractivity contribution in [1.29, 1.82) is 0 Å². The SMILES string of the molecule is Cc1cc(N=Nc2cc3cnccc3cc2C(=O)Oc2ccc(F)cc2)cc(C)c1O. The number of fused-ring (bicyclic) bond motifs is 1. The minimum atomic E-state index is -0.641. The number of aromatic hydroxyl groups is 1. The third kappa shape index (κ3) is 4.40. The lowest BCUT2D eigenvalue weighted by Crippen LogP contribution is -2.09. The summed E-state index contributed by atoms with van der Waals surface area (Å²) in [7, 11) is 0. The predicted molar refractivity (Wildman–Crippen MR) is 115 cm³/mol. The molecule has 0 atom stereocenters. The number of aromatic nitrogens is 1. The first-order valence-corrected chi connectivity index (χ1v) is 9.48. The van der Waals surface area contributed by atoms with Crippen LogP contribution in [0.25, 0.3) is 10.8 Å². The van der Waals surface area contributed by atoms with Crippen LogP contribution in [0.2, 0.25) is 0 Å². The monoisotopic (exact) mass is 415 g/mol. The zero-order chi connectivity index (χ0) is 22.0. The molecule has 6 nitrogen and oxygen atoms in total. The van der Waals surface area contributed by atoms with Crippen LogP contribution in [0.3, 0.4) is 0 Å². The molecule has 3 aromatic carbocycles. The third-order valence-corrected chi connectivity index (χ3v) is 4.75. The molecule has 0 aliphatic heterocycles. The van der Waals surface area contributed by atoms with Crippen molar-refractivity contribution in [3.8, 4) is 11.5 Å². The number of pyridine rings is 1. The van der Waals surface area contributed by atoms with Gasteiger partial charge in [-0.15, -0.1) is 5.11 Å². The molecule has 1 aromatic heterocycles. The molecule has 4 rings (SSSR count). The summed E-state index contributed by atoms with van der Waals surface area (Å²) >= 11 is 0. The molecule has 0 aliphatic carbocycles. The van der Waals surface area contributed by atoms with Crippen LogP contribution in [-0.4, -0.2) is 16.1 Å². The number of phenolic OH excluding ortho intramolecular Hbond substituents is 1. The maximum absolute atomic E-state index is 13.1. The Bertz CT molecular complexity index is 1290. The van der Waals surface area contributed by atoms with Crippen LogP contribution in [-0.2, 0) is 0 Å². The molecule has 0 saturated heterocycles. The van der Waals surface area contributed by atoms with E-state index in [2.05, 4.69) is 15.2 Å². The fourth-order valence-electron chi connectivity index (χ4n) is 3.14. The van der Waals surface area contributed by atoms with Crippen LogP contribution in [0.4, 0.5) is 15.8 Å². The van der Waals surface area contributed by atoms with E-state index >= 15 is 0 Å². The normalized spacial score (nSPS) is 11.2. The van der Waals surface area contributed by atoms with Crippen LogP contribution in [0.15, 0.2) is 77.2 Å². The molecule has 154 valence electrons. The van der Waals surface area contributed by atoms with Gasteiger partial charge in [-0.1, -0.05) is 0 Å². The van der Waals surface area contributed by atoms with Gasteiger partial charge in [-0.2, -0.15) is 5.11 Å². The number of nitrogens with zero attached hydrogens (tertiary/aromatic N) is 3. The first-order chi connectivity index (χ1) is 14.9. The van der Waals surface area contributed by atoms with Gasteiger partial charge in [-0.05, 0) is 85.0 Å². The molecule has 0 amide bonds. The van der Waals surface area contributed by atoms with Gasteiger partial charge in [-0.25, -0.2) is 9.18 Å². The van der Waals surface area contributed by atoms with Gasteiger partial charge in [0.15, 0.2) is 0 Å². The lowest BCUT2D eigenvalue weighted by Gasteiger charge is -2.08. The largest absolute Gasteiger partial charge is 0.507 e. The predicted octanol–water partition coefficient (Wildman–Crippen LogP) is 6.33. The highest BCUT2D eigenvalue weighted by Crippen LogP contribution is 2.31. The van der Waals surface area contributed by atoms with Gasteiger partial charge in [0.25, 0.3) is 0 Å². The maximum Gasteiger partial charge on any atom is 0.345 e. The van der Waals surface area contributed by atoms with Gasteiger partial charge in [0.1, 0.15) is 23.0 Å². The van der Waals surface area contributed by atoms with E-state index in [9.17, 15) is 14.3 Å². The number of aryl methyl sites for hydroxylation is 2. The Labute approximate surface area is 177 Å². The Morgan fingerprint density at radius 2 is 1.68 bits per heavy atom. The Hall–Kier alpha value is -4.13. The number of halogens is 1. The number of carbonyl (C=O) groups excluding carboxylic acids is 1. The van der Waals surface area contributed by atoms with Crippen molar-refractivity contribution in [2.24, 2.45) is 10.2 Å². The number of carbonyl (C=O) groups is 1. The van der Waals surface area contributed by atoms with Crippen LogP contribution in [0.5, 0.6) is 11.5 Å². The zero-order valence-electron chi connectivity index (χ0n) is 16.8. The number of ether oxygens (including phenoxy) is 1. The summed E-state index contributed by atoms with van der Waals surface area (Å²) in [6.45, 7) is 3.54. The number of benzene rings is 3. The fraction of sp³-hybridized carbons (Fsp3) is 0.0833. The number of phenols is 1. The lowest BCUT2D eigenvalue weighted by atomic mass is 10.1. The van der Waals surface area contributed by atoms with Gasteiger partial charge < -0.3 is 9.84 Å². The smallest absolute Gasteiger partial charge is 0.345 e. The summed E-state index contributed by atoms with van der Waals surface area (Å²) in [4.78, 5) is 17.0. The highest BCUT2D eigenvalue weighted by Gasteiger charge is 2.16. The van der Waals surface area contributed by atoms with Gasteiger partial charge >= 0.3 is 5.97 Å². The van der Waals surface area contributed by atoms with Crippen molar-refractivity contribution in [2.75, 3.05) is 0 Å². The second-order valence-corrected chi connectivity index (χ2v) is 7.06.